The first-order valence-electron chi connectivity index (χ1n) is 6.00. The number of carbonyl (C=O) groups is 1. The van der Waals surface area contributed by atoms with Crippen molar-refractivity contribution in [2.75, 3.05) is 26.7 Å². The summed E-state index contributed by atoms with van der Waals surface area (Å²) in [6.07, 6.45) is 0.989. The largest absolute Gasteiger partial charge is 0.338 e. The van der Waals surface area contributed by atoms with E-state index < -0.39 is 5.82 Å². The maximum Gasteiger partial charge on any atom is 0.253 e. The van der Waals surface area contributed by atoms with Crippen LogP contribution in [0.15, 0.2) is 18.2 Å². The monoisotopic (exact) mass is 270 g/mol. The molecule has 1 aliphatic rings. The summed E-state index contributed by atoms with van der Waals surface area (Å²) in [6, 6.07) is 4.19. The fraction of sp³-hybridized carbons (Fsp3) is 0.462. The van der Waals surface area contributed by atoms with Gasteiger partial charge in [0.1, 0.15) is 5.82 Å². The van der Waals surface area contributed by atoms with E-state index in [0.29, 0.717) is 11.5 Å². The average Bonchev–Trinajstić information content (AvgIpc) is 2.81. The standard InChI is InChI=1S/C13H16ClFN2O/c1-16-7-9-4-5-17(8-9)13(18)10-2-3-11(14)12(15)6-10/h2-3,6,9,16H,4-5,7-8H2,1H3. The molecule has 3 nitrogen and oxygen atoms in total. The minimum Gasteiger partial charge on any atom is -0.338 e. The first-order valence-corrected chi connectivity index (χ1v) is 6.38. The van der Waals surface area contributed by atoms with Gasteiger partial charge in [-0.3, -0.25) is 4.79 Å². The van der Waals surface area contributed by atoms with Gasteiger partial charge >= 0.3 is 0 Å². The van der Waals surface area contributed by atoms with Crippen LogP contribution in [-0.4, -0.2) is 37.5 Å². The molecular weight excluding hydrogens is 255 g/mol. The highest BCUT2D eigenvalue weighted by atomic mass is 35.5. The fourth-order valence-corrected chi connectivity index (χ4v) is 2.40. The quantitative estimate of drug-likeness (QED) is 0.913. The van der Waals surface area contributed by atoms with E-state index in [9.17, 15) is 9.18 Å². The maximum absolute atomic E-state index is 13.3. The van der Waals surface area contributed by atoms with Gasteiger partial charge in [-0.2, -0.15) is 0 Å². The lowest BCUT2D eigenvalue weighted by Crippen LogP contribution is -2.30. The number of benzene rings is 1. The molecule has 1 aromatic rings. The summed E-state index contributed by atoms with van der Waals surface area (Å²) in [5.74, 6) is -0.186. The van der Waals surface area contributed by atoms with Gasteiger partial charge in [0, 0.05) is 18.7 Å². The third-order valence-electron chi connectivity index (χ3n) is 3.23. The maximum atomic E-state index is 13.3. The highest BCUT2D eigenvalue weighted by Gasteiger charge is 2.26. The summed E-state index contributed by atoms with van der Waals surface area (Å²) in [5, 5.41) is 3.15. The smallest absolute Gasteiger partial charge is 0.253 e. The van der Waals surface area contributed by atoms with E-state index >= 15 is 0 Å². The van der Waals surface area contributed by atoms with Gasteiger partial charge in [0.2, 0.25) is 0 Å². The molecule has 5 heteroatoms. The second kappa shape index (κ2) is 5.67. The second-order valence-electron chi connectivity index (χ2n) is 4.59. The van der Waals surface area contributed by atoms with Crippen molar-refractivity contribution in [2.45, 2.75) is 6.42 Å². The van der Waals surface area contributed by atoms with Gasteiger partial charge < -0.3 is 10.2 Å². The second-order valence-corrected chi connectivity index (χ2v) is 5.00. The lowest BCUT2D eigenvalue weighted by Gasteiger charge is -2.16. The lowest BCUT2D eigenvalue weighted by atomic mass is 10.1. The van der Waals surface area contributed by atoms with Crippen LogP contribution < -0.4 is 5.32 Å². The molecule has 1 fully saturated rings. The zero-order valence-electron chi connectivity index (χ0n) is 10.2. The van der Waals surface area contributed by atoms with Crippen molar-refractivity contribution in [1.82, 2.24) is 10.2 Å². The van der Waals surface area contributed by atoms with Crippen LogP contribution in [0.5, 0.6) is 0 Å². The van der Waals surface area contributed by atoms with Crippen LogP contribution in [-0.2, 0) is 0 Å². The van der Waals surface area contributed by atoms with Gasteiger partial charge in [-0.15, -0.1) is 0 Å². The molecule has 0 radical (unpaired) electrons. The fourth-order valence-electron chi connectivity index (χ4n) is 2.28. The predicted molar refractivity (Wildman–Crippen MR) is 69.3 cm³/mol. The Kier molecular flexibility index (Phi) is 4.19. The molecule has 0 spiro atoms. The van der Waals surface area contributed by atoms with E-state index in [-0.39, 0.29) is 10.9 Å². The Morgan fingerprint density at radius 2 is 2.39 bits per heavy atom. The molecule has 0 aliphatic carbocycles. The molecule has 0 aromatic heterocycles. The van der Waals surface area contributed by atoms with Crippen molar-refractivity contribution >= 4 is 17.5 Å². The van der Waals surface area contributed by atoms with E-state index in [4.69, 9.17) is 11.6 Å². The minimum atomic E-state index is -0.548. The average molecular weight is 271 g/mol. The number of carbonyl (C=O) groups excluding carboxylic acids is 1. The molecule has 0 saturated carbocycles. The minimum absolute atomic E-state index is 0.0426. The van der Waals surface area contributed by atoms with Crippen LogP contribution in [0.25, 0.3) is 0 Å². The number of hydrogen-bond donors (Lipinski definition) is 1. The number of halogens is 2. The summed E-state index contributed by atoms with van der Waals surface area (Å²) >= 11 is 5.60. The van der Waals surface area contributed by atoms with Gasteiger partial charge in [0.25, 0.3) is 5.91 Å². The van der Waals surface area contributed by atoms with E-state index in [1.54, 1.807) is 11.0 Å². The molecule has 0 bridgehead atoms. The number of nitrogens with zero attached hydrogens (tertiary/aromatic N) is 1. The normalized spacial score (nSPS) is 19.3. The van der Waals surface area contributed by atoms with Crippen molar-refractivity contribution in [3.63, 3.8) is 0 Å². The highest BCUT2D eigenvalue weighted by molar-refractivity contribution is 6.30. The molecule has 2 rings (SSSR count). The highest BCUT2D eigenvalue weighted by Crippen LogP contribution is 2.20. The van der Waals surface area contributed by atoms with Gasteiger partial charge in [0.05, 0.1) is 5.02 Å². The van der Waals surface area contributed by atoms with Gasteiger partial charge in [-0.25, -0.2) is 4.39 Å². The van der Waals surface area contributed by atoms with Crippen molar-refractivity contribution in [3.05, 3.63) is 34.6 Å². The number of nitrogens with one attached hydrogen (secondary N) is 1. The Morgan fingerprint density at radius 3 is 3.06 bits per heavy atom. The van der Waals surface area contributed by atoms with Crippen molar-refractivity contribution < 1.29 is 9.18 Å². The van der Waals surface area contributed by atoms with Crippen LogP contribution in [0.3, 0.4) is 0 Å². The molecule has 18 heavy (non-hydrogen) atoms. The Labute approximate surface area is 111 Å². The lowest BCUT2D eigenvalue weighted by molar-refractivity contribution is 0.0786. The number of likely N-dealkylation sites (tertiary alicyclic amines) is 1. The topological polar surface area (TPSA) is 32.3 Å². The molecule has 1 aliphatic heterocycles. The van der Waals surface area contributed by atoms with Crippen LogP contribution >= 0.6 is 11.6 Å². The molecule has 1 N–H and O–H groups in total. The Morgan fingerprint density at radius 1 is 1.61 bits per heavy atom. The van der Waals surface area contributed by atoms with Crippen LogP contribution in [0, 0.1) is 11.7 Å². The molecule has 1 atom stereocenters. The summed E-state index contributed by atoms with van der Waals surface area (Å²) in [6.45, 7) is 2.36. The molecule has 1 amide bonds. The molecule has 1 unspecified atom stereocenters. The third kappa shape index (κ3) is 2.82. The Hall–Kier alpha value is -1.13. The first kappa shape index (κ1) is 13.3. The van der Waals surface area contributed by atoms with E-state index in [1.807, 2.05) is 7.05 Å². The van der Waals surface area contributed by atoms with E-state index in [1.165, 1.54) is 12.1 Å². The number of hydrogen-bond acceptors (Lipinski definition) is 2. The number of rotatable bonds is 3. The Bertz CT molecular complexity index is 453. The molecular formula is C13H16ClFN2O. The zero-order valence-corrected chi connectivity index (χ0v) is 11.0. The number of amides is 1. The summed E-state index contributed by atoms with van der Waals surface area (Å²) in [4.78, 5) is 13.9. The molecule has 98 valence electrons. The van der Waals surface area contributed by atoms with Gasteiger partial charge in [0.15, 0.2) is 0 Å². The predicted octanol–water partition coefficient (Wildman–Crippen LogP) is 2.16. The molecule has 1 saturated heterocycles. The van der Waals surface area contributed by atoms with Crippen molar-refractivity contribution in [2.24, 2.45) is 5.92 Å². The van der Waals surface area contributed by atoms with Crippen LogP contribution in [0.4, 0.5) is 4.39 Å². The van der Waals surface area contributed by atoms with Crippen molar-refractivity contribution in [3.8, 4) is 0 Å². The first-order chi connectivity index (χ1) is 8.61. The van der Waals surface area contributed by atoms with Crippen LogP contribution in [0.1, 0.15) is 16.8 Å². The van der Waals surface area contributed by atoms with Crippen molar-refractivity contribution in [1.29, 1.82) is 0 Å². The Balaban J connectivity index is 2.05. The third-order valence-corrected chi connectivity index (χ3v) is 3.54. The SMILES string of the molecule is CNCC1CCN(C(=O)c2ccc(Cl)c(F)c2)C1. The summed E-state index contributed by atoms with van der Waals surface area (Å²) in [5.41, 5.74) is 0.363. The van der Waals surface area contributed by atoms with Crippen LogP contribution in [0.2, 0.25) is 5.02 Å². The van der Waals surface area contributed by atoms with Gasteiger partial charge in [-0.1, -0.05) is 11.6 Å². The summed E-state index contributed by atoms with van der Waals surface area (Å²) in [7, 11) is 1.90. The summed E-state index contributed by atoms with van der Waals surface area (Å²) < 4.78 is 13.3. The zero-order chi connectivity index (χ0) is 13.1. The van der Waals surface area contributed by atoms with E-state index in [0.717, 1.165) is 26.1 Å². The van der Waals surface area contributed by atoms with E-state index in [2.05, 4.69) is 5.32 Å². The molecule has 1 aromatic carbocycles. The van der Waals surface area contributed by atoms with Gasteiger partial charge in [-0.05, 0) is 44.1 Å². The molecule has 1 heterocycles.